The van der Waals surface area contributed by atoms with Gasteiger partial charge in [-0.25, -0.2) is 0 Å². The van der Waals surface area contributed by atoms with E-state index in [4.69, 9.17) is 5.11 Å². The first-order valence-electron chi connectivity index (χ1n) is 4.55. The molecule has 1 unspecified atom stereocenters. The Hall–Kier alpha value is -0.0800. The highest BCUT2D eigenvalue weighted by molar-refractivity contribution is 4.66. The quantitative estimate of drug-likeness (QED) is 0.614. The molecule has 0 aromatic rings. The van der Waals surface area contributed by atoms with E-state index in [0.29, 0.717) is 12.0 Å². The first-order valence-corrected chi connectivity index (χ1v) is 4.55. The molecule has 0 spiro atoms. The SMILES string of the molecule is CCCNC(CO)CC(C)C. The van der Waals surface area contributed by atoms with Gasteiger partial charge in [0.1, 0.15) is 0 Å². The molecule has 11 heavy (non-hydrogen) atoms. The van der Waals surface area contributed by atoms with Crippen molar-refractivity contribution < 1.29 is 5.11 Å². The Labute approximate surface area is 70.0 Å². The second kappa shape index (κ2) is 6.62. The molecule has 68 valence electrons. The summed E-state index contributed by atoms with van der Waals surface area (Å²) >= 11 is 0. The van der Waals surface area contributed by atoms with Crippen molar-refractivity contribution >= 4 is 0 Å². The highest BCUT2D eigenvalue weighted by Crippen LogP contribution is 2.03. The van der Waals surface area contributed by atoms with Crippen molar-refractivity contribution in [2.24, 2.45) is 5.92 Å². The first-order chi connectivity index (χ1) is 5.20. The van der Waals surface area contributed by atoms with Gasteiger partial charge in [0.2, 0.25) is 0 Å². The molecular weight excluding hydrogens is 138 g/mol. The van der Waals surface area contributed by atoms with E-state index in [2.05, 4.69) is 26.1 Å². The minimum atomic E-state index is 0.262. The highest BCUT2D eigenvalue weighted by atomic mass is 16.3. The lowest BCUT2D eigenvalue weighted by molar-refractivity contribution is 0.225. The topological polar surface area (TPSA) is 32.3 Å². The third kappa shape index (κ3) is 6.32. The number of aliphatic hydroxyl groups is 1. The van der Waals surface area contributed by atoms with Crippen LogP contribution >= 0.6 is 0 Å². The second-order valence-corrected chi connectivity index (χ2v) is 3.46. The smallest absolute Gasteiger partial charge is 0.0584 e. The molecule has 0 aromatic heterocycles. The Balaban J connectivity index is 3.41. The maximum absolute atomic E-state index is 8.94. The van der Waals surface area contributed by atoms with E-state index in [9.17, 15) is 0 Å². The normalized spacial score (nSPS) is 13.9. The fourth-order valence-electron chi connectivity index (χ4n) is 1.14. The predicted octanol–water partition coefficient (Wildman–Crippen LogP) is 1.39. The Bertz CT molecular complexity index is 83.6. The monoisotopic (exact) mass is 159 g/mol. The van der Waals surface area contributed by atoms with Gasteiger partial charge in [0.15, 0.2) is 0 Å². The molecule has 1 atom stereocenters. The van der Waals surface area contributed by atoms with Gasteiger partial charge in [-0.1, -0.05) is 20.8 Å². The molecule has 0 aliphatic carbocycles. The molecule has 2 nitrogen and oxygen atoms in total. The Morgan fingerprint density at radius 2 is 2.00 bits per heavy atom. The fourth-order valence-corrected chi connectivity index (χ4v) is 1.14. The van der Waals surface area contributed by atoms with E-state index in [1.807, 2.05) is 0 Å². The number of nitrogens with one attached hydrogen (secondary N) is 1. The van der Waals surface area contributed by atoms with Crippen molar-refractivity contribution in [1.29, 1.82) is 0 Å². The van der Waals surface area contributed by atoms with Crippen molar-refractivity contribution in [2.75, 3.05) is 13.2 Å². The number of aliphatic hydroxyl groups excluding tert-OH is 1. The number of rotatable bonds is 6. The van der Waals surface area contributed by atoms with Gasteiger partial charge in [-0.15, -0.1) is 0 Å². The largest absolute Gasteiger partial charge is 0.395 e. The van der Waals surface area contributed by atoms with E-state index < -0.39 is 0 Å². The zero-order valence-electron chi connectivity index (χ0n) is 7.93. The van der Waals surface area contributed by atoms with Crippen molar-refractivity contribution in [2.45, 2.75) is 39.7 Å². The van der Waals surface area contributed by atoms with E-state index >= 15 is 0 Å². The van der Waals surface area contributed by atoms with E-state index in [1.165, 1.54) is 0 Å². The molecule has 0 aliphatic heterocycles. The predicted molar refractivity (Wildman–Crippen MR) is 48.6 cm³/mol. The maximum atomic E-state index is 8.94. The van der Waals surface area contributed by atoms with Gasteiger partial charge in [-0.3, -0.25) is 0 Å². The summed E-state index contributed by atoms with van der Waals surface area (Å²) in [4.78, 5) is 0. The molecule has 0 aliphatic rings. The van der Waals surface area contributed by atoms with Crippen LogP contribution in [0.15, 0.2) is 0 Å². The Morgan fingerprint density at radius 1 is 1.36 bits per heavy atom. The van der Waals surface area contributed by atoms with Crippen LogP contribution in [-0.4, -0.2) is 24.3 Å². The average molecular weight is 159 g/mol. The van der Waals surface area contributed by atoms with Gasteiger partial charge >= 0.3 is 0 Å². The number of hydrogen-bond acceptors (Lipinski definition) is 2. The van der Waals surface area contributed by atoms with Crippen LogP contribution in [0.1, 0.15) is 33.6 Å². The molecular formula is C9H21NO. The van der Waals surface area contributed by atoms with Crippen LogP contribution < -0.4 is 5.32 Å². The summed E-state index contributed by atoms with van der Waals surface area (Å²) < 4.78 is 0. The molecule has 0 saturated heterocycles. The second-order valence-electron chi connectivity index (χ2n) is 3.46. The van der Waals surface area contributed by atoms with Crippen LogP contribution in [0, 0.1) is 5.92 Å². The van der Waals surface area contributed by atoms with Gasteiger partial charge in [-0.2, -0.15) is 0 Å². The minimum Gasteiger partial charge on any atom is -0.395 e. The summed E-state index contributed by atoms with van der Waals surface area (Å²) in [5.41, 5.74) is 0. The van der Waals surface area contributed by atoms with E-state index in [0.717, 1.165) is 19.4 Å². The Kier molecular flexibility index (Phi) is 6.57. The molecule has 0 bridgehead atoms. The van der Waals surface area contributed by atoms with Crippen LogP contribution in [-0.2, 0) is 0 Å². The molecule has 0 aromatic carbocycles. The lowest BCUT2D eigenvalue weighted by Gasteiger charge is -2.17. The molecule has 0 heterocycles. The Morgan fingerprint density at radius 3 is 2.36 bits per heavy atom. The van der Waals surface area contributed by atoms with E-state index in [-0.39, 0.29) is 6.61 Å². The fraction of sp³-hybridized carbons (Fsp3) is 1.00. The van der Waals surface area contributed by atoms with E-state index in [1.54, 1.807) is 0 Å². The summed E-state index contributed by atoms with van der Waals surface area (Å²) in [6, 6.07) is 0.301. The van der Waals surface area contributed by atoms with Crippen molar-refractivity contribution in [3.05, 3.63) is 0 Å². The maximum Gasteiger partial charge on any atom is 0.0584 e. The third-order valence-corrected chi connectivity index (χ3v) is 1.66. The number of hydrogen-bond donors (Lipinski definition) is 2. The molecule has 0 amide bonds. The van der Waals surface area contributed by atoms with Crippen LogP contribution in [0.4, 0.5) is 0 Å². The third-order valence-electron chi connectivity index (χ3n) is 1.66. The van der Waals surface area contributed by atoms with Crippen LogP contribution in [0.2, 0.25) is 0 Å². The van der Waals surface area contributed by atoms with Gasteiger partial charge in [0.05, 0.1) is 6.61 Å². The lowest BCUT2D eigenvalue weighted by Crippen LogP contribution is -2.34. The van der Waals surface area contributed by atoms with Gasteiger partial charge < -0.3 is 10.4 Å². The first kappa shape index (κ1) is 10.9. The molecule has 0 saturated carbocycles. The van der Waals surface area contributed by atoms with Crippen molar-refractivity contribution in [1.82, 2.24) is 5.32 Å². The summed E-state index contributed by atoms with van der Waals surface area (Å²) in [5, 5.41) is 12.2. The summed E-state index contributed by atoms with van der Waals surface area (Å²) in [6.45, 7) is 7.76. The molecule has 2 N–H and O–H groups in total. The van der Waals surface area contributed by atoms with Crippen molar-refractivity contribution in [3.63, 3.8) is 0 Å². The van der Waals surface area contributed by atoms with Crippen LogP contribution in [0.25, 0.3) is 0 Å². The molecule has 0 rings (SSSR count). The van der Waals surface area contributed by atoms with Gasteiger partial charge in [0.25, 0.3) is 0 Å². The summed E-state index contributed by atoms with van der Waals surface area (Å²) in [7, 11) is 0. The lowest BCUT2D eigenvalue weighted by atomic mass is 10.0. The van der Waals surface area contributed by atoms with Crippen molar-refractivity contribution in [3.8, 4) is 0 Å². The minimum absolute atomic E-state index is 0.262. The summed E-state index contributed by atoms with van der Waals surface area (Å²) in [5.74, 6) is 0.663. The van der Waals surface area contributed by atoms with Crippen LogP contribution in [0.3, 0.4) is 0 Å². The van der Waals surface area contributed by atoms with Crippen LogP contribution in [0.5, 0.6) is 0 Å². The summed E-state index contributed by atoms with van der Waals surface area (Å²) in [6.07, 6.45) is 2.20. The zero-order valence-corrected chi connectivity index (χ0v) is 7.93. The van der Waals surface area contributed by atoms with Gasteiger partial charge in [0, 0.05) is 6.04 Å². The zero-order chi connectivity index (χ0) is 8.69. The molecule has 2 heteroatoms. The highest BCUT2D eigenvalue weighted by Gasteiger charge is 2.07. The molecule has 0 fully saturated rings. The van der Waals surface area contributed by atoms with Gasteiger partial charge in [-0.05, 0) is 25.3 Å². The standard InChI is InChI=1S/C9H21NO/c1-4-5-10-9(7-11)6-8(2)3/h8-11H,4-7H2,1-3H3. The average Bonchev–Trinajstić information content (AvgIpc) is 1.97. The molecule has 0 radical (unpaired) electrons.